The van der Waals surface area contributed by atoms with E-state index in [0.717, 1.165) is 7.55 Å². The molecular formula is C10H11P3. The summed E-state index contributed by atoms with van der Waals surface area (Å²) in [6.45, 7) is 4.39. The van der Waals surface area contributed by atoms with Crippen molar-refractivity contribution in [2.45, 2.75) is 13.8 Å². The summed E-state index contributed by atoms with van der Waals surface area (Å²) in [4.78, 5) is 0. The Morgan fingerprint density at radius 2 is 1.69 bits per heavy atom. The van der Waals surface area contributed by atoms with Crippen LogP contribution in [0.25, 0.3) is 10.9 Å². The third-order valence-corrected chi connectivity index (χ3v) is 7.88. The fourth-order valence-electron chi connectivity index (χ4n) is 1.27. The summed E-state index contributed by atoms with van der Waals surface area (Å²) < 4.78 is 0. The molecule has 0 amide bonds. The monoisotopic (exact) mass is 224 g/mol. The maximum absolute atomic E-state index is 2.25. The summed E-state index contributed by atoms with van der Waals surface area (Å²) >= 11 is 0. The highest BCUT2D eigenvalue weighted by Crippen LogP contribution is 2.46. The van der Waals surface area contributed by atoms with Gasteiger partial charge in [0.1, 0.15) is 0 Å². The summed E-state index contributed by atoms with van der Waals surface area (Å²) in [6, 6.07) is 8.88. The van der Waals surface area contributed by atoms with Crippen molar-refractivity contribution in [3.05, 3.63) is 35.1 Å². The van der Waals surface area contributed by atoms with Crippen LogP contribution in [0.15, 0.2) is 24.3 Å². The number of hydrogen-bond donors (Lipinski definition) is 0. The van der Waals surface area contributed by atoms with Crippen LogP contribution in [0.4, 0.5) is 0 Å². The lowest BCUT2D eigenvalue weighted by Crippen LogP contribution is -1.74. The minimum Gasteiger partial charge on any atom is -0.0809 e. The molecule has 66 valence electrons. The van der Waals surface area contributed by atoms with E-state index in [1.807, 2.05) is 0 Å². The maximum Gasteiger partial charge on any atom is 0.0208 e. The Kier molecular flexibility index (Phi) is 2.85. The minimum absolute atomic E-state index is 1.06. The molecule has 0 N–H and O–H groups in total. The Morgan fingerprint density at radius 3 is 2.23 bits per heavy atom. The molecule has 1 unspecified atom stereocenters. The van der Waals surface area contributed by atoms with E-state index in [0.29, 0.717) is 0 Å². The molecule has 1 atom stereocenters. The van der Waals surface area contributed by atoms with Crippen molar-refractivity contribution in [3.63, 3.8) is 0 Å². The molecular weight excluding hydrogens is 213 g/mol. The first kappa shape index (κ1) is 9.42. The molecule has 0 radical (unpaired) electrons. The van der Waals surface area contributed by atoms with Crippen LogP contribution in [-0.2, 0) is 0 Å². The highest BCUT2D eigenvalue weighted by molar-refractivity contribution is 8.18. The van der Waals surface area contributed by atoms with E-state index < -0.39 is 0 Å². The molecule has 0 spiro atoms. The SMILES string of the molecule is Cc1ccc(-c2p[pH]pc2C)cc1. The molecule has 3 heteroatoms. The highest BCUT2D eigenvalue weighted by Gasteiger charge is 2.01. The van der Waals surface area contributed by atoms with Gasteiger partial charge in [-0.2, -0.15) is 0 Å². The third kappa shape index (κ3) is 2.03. The molecule has 0 fully saturated rings. The van der Waals surface area contributed by atoms with Gasteiger partial charge in [0.25, 0.3) is 0 Å². The molecule has 0 aliphatic carbocycles. The molecule has 0 aliphatic rings. The number of hydrogen-bond acceptors (Lipinski definition) is 0. The summed E-state index contributed by atoms with van der Waals surface area (Å²) in [7, 11) is 4.13. The van der Waals surface area contributed by atoms with E-state index in [1.165, 1.54) is 26.9 Å². The quantitative estimate of drug-likeness (QED) is 0.627. The number of aryl methyl sites for hydroxylation is 2. The average molecular weight is 224 g/mol. The van der Waals surface area contributed by atoms with Crippen LogP contribution >= 0.6 is 23.3 Å². The van der Waals surface area contributed by atoms with Crippen molar-refractivity contribution in [3.8, 4) is 10.9 Å². The van der Waals surface area contributed by atoms with Gasteiger partial charge in [0.15, 0.2) is 0 Å². The van der Waals surface area contributed by atoms with E-state index in [2.05, 4.69) is 38.1 Å². The van der Waals surface area contributed by atoms with Gasteiger partial charge in [-0.1, -0.05) is 37.4 Å². The Morgan fingerprint density at radius 1 is 1.00 bits per heavy atom. The molecule has 1 aromatic heterocycles. The van der Waals surface area contributed by atoms with Gasteiger partial charge in [0, 0.05) is 5.30 Å². The van der Waals surface area contributed by atoms with Crippen LogP contribution < -0.4 is 0 Å². The van der Waals surface area contributed by atoms with Gasteiger partial charge in [0.05, 0.1) is 0 Å². The van der Waals surface area contributed by atoms with E-state index >= 15 is 0 Å². The molecule has 2 rings (SSSR count). The van der Waals surface area contributed by atoms with Gasteiger partial charge in [-0.25, -0.2) is 0 Å². The second kappa shape index (κ2) is 3.93. The molecule has 13 heavy (non-hydrogen) atoms. The third-order valence-electron chi connectivity index (χ3n) is 2.05. The Hall–Kier alpha value is -0.140. The second-order valence-corrected chi connectivity index (χ2v) is 8.63. The predicted octanol–water partition coefficient (Wildman–Crippen LogP) is 5.16. The van der Waals surface area contributed by atoms with E-state index in [1.54, 1.807) is 10.6 Å². The van der Waals surface area contributed by atoms with Gasteiger partial charge in [0.2, 0.25) is 0 Å². The maximum atomic E-state index is 2.25. The van der Waals surface area contributed by atoms with Crippen molar-refractivity contribution >= 4 is 23.3 Å². The lowest BCUT2D eigenvalue weighted by molar-refractivity contribution is 1.47. The first-order valence-corrected chi connectivity index (χ1v) is 8.69. The number of benzene rings is 1. The van der Waals surface area contributed by atoms with E-state index in [-0.39, 0.29) is 0 Å². The van der Waals surface area contributed by atoms with Crippen molar-refractivity contribution in [1.29, 1.82) is 0 Å². The molecule has 0 saturated heterocycles. The molecule has 1 heterocycles. The Bertz CT molecular complexity index is 400. The Balaban J connectivity index is 2.47. The van der Waals surface area contributed by atoms with Crippen molar-refractivity contribution < 1.29 is 0 Å². The first-order valence-electron chi connectivity index (χ1n) is 4.22. The standard InChI is InChI=1S/C10H11P3/c1-7-3-5-9(6-4-7)10-8(2)11-13-12-10/h3-6,13H,1-2H3. The van der Waals surface area contributed by atoms with Gasteiger partial charge >= 0.3 is 0 Å². The van der Waals surface area contributed by atoms with Crippen molar-refractivity contribution in [1.82, 2.24) is 0 Å². The summed E-state index contributed by atoms with van der Waals surface area (Å²) in [6.07, 6.45) is 0. The molecule has 0 nitrogen and oxygen atoms in total. The Labute approximate surface area is 83.5 Å². The molecule has 1 aromatic carbocycles. The minimum atomic E-state index is 1.06. The second-order valence-electron chi connectivity index (χ2n) is 3.12. The molecule has 0 saturated carbocycles. The zero-order valence-electron chi connectivity index (χ0n) is 7.70. The first-order chi connectivity index (χ1) is 6.27. The predicted molar refractivity (Wildman–Crippen MR) is 65.9 cm³/mol. The van der Waals surface area contributed by atoms with Gasteiger partial charge in [-0.15, -0.1) is 0 Å². The largest absolute Gasteiger partial charge is 0.0809 e. The fraction of sp³-hybridized carbons (Fsp3) is 0.200. The van der Waals surface area contributed by atoms with E-state index in [9.17, 15) is 0 Å². The van der Waals surface area contributed by atoms with Gasteiger partial charge in [-0.3, -0.25) is 0 Å². The lowest BCUT2D eigenvalue weighted by Gasteiger charge is -1.99. The average Bonchev–Trinajstić information content (AvgIpc) is 2.53. The highest BCUT2D eigenvalue weighted by atomic mass is 32.1. The molecule has 2 aromatic rings. The van der Waals surface area contributed by atoms with Crippen LogP contribution in [0, 0.1) is 13.8 Å². The zero-order chi connectivity index (χ0) is 9.26. The summed E-state index contributed by atoms with van der Waals surface area (Å²) in [5.41, 5.74) is 2.76. The molecule has 0 aliphatic heterocycles. The van der Waals surface area contributed by atoms with Crippen LogP contribution in [0.5, 0.6) is 0 Å². The number of rotatable bonds is 1. The van der Waals surface area contributed by atoms with Crippen LogP contribution in [0.1, 0.15) is 10.9 Å². The summed E-state index contributed by atoms with van der Waals surface area (Å²) in [5, 5.41) is 3.11. The van der Waals surface area contributed by atoms with Crippen LogP contribution in [0.3, 0.4) is 0 Å². The smallest absolute Gasteiger partial charge is 0.0208 e. The fourth-order valence-corrected chi connectivity index (χ4v) is 7.93. The topological polar surface area (TPSA) is 0 Å². The van der Waals surface area contributed by atoms with Crippen molar-refractivity contribution in [2.75, 3.05) is 0 Å². The lowest BCUT2D eigenvalue weighted by atomic mass is 10.1. The zero-order valence-corrected chi connectivity index (χ0v) is 10.5. The molecule has 0 bridgehead atoms. The summed E-state index contributed by atoms with van der Waals surface area (Å²) in [5.74, 6) is 0. The van der Waals surface area contributed by atoms with E-state index in [4.69, 9.17) is 0 Å². The van der Waals surface area contributed by atoms with Crippen LogP contribution in [0.2, 0.25) is 0 Å². The van der Waals surface area contributed by atoms with Crippen LogP contribution in [-0.4, -0.2) is 0 Å². The van der Waals surface area contributed by atoms with Crippen molar-refractivity contribution in [2.24, 2.45) is 0 Å². The van der Waals surface area contributed by atoms with Gasteiger partial charge < -0.3 is 0 Å². The van der Waals surface area contributed by atoms with Gasteiger partial charge in [-0.05, 0) is 40.4 Å². The normalized spacial score (nSPS) is 12.2.